The van der Waals surface area contributed by atoms with Gasteiger partial charge < -0.3 is 4.90 Å². The predicted molar refractivity (Wildman–Crippen MR) is 87.1 cm³/mol. The van der Waals surface area contributed by atoms with Crippen molar-refractivity contribution in [2.45, 2.75) is 26.4 Å². The topological polar surface area (TPSA) is 50.1 Å². The largest absolute Gasteiger partial charge is 0.369 e. The highest BCUT2D eigenvalue weighted by atomic mass is 35.5. The molecule has 1 aromatic heterocycles. The maximum absolute atomic E-state index is 6.07. The van der Waals surface area contributed by atoms with Crippen LogP contribution in [0.4, 0.5) is 5.69 Å². The minimum atomic E-state index is 0.790. The van der Waals surface area contributed by atoms with Crippen LogP contribution in [0.2, 0.25) is 5.02 Å². The monoisotopic (exact) mass is 320 g/mol. The molecule has 6 nitrogen and oxygen atoms in total. The number of piperazine rings is 1. The van der Waals surface area contributed by atoms with Gasteiger partial charge in [-0.1, -0.05) is 24.6 Å². The lowest BCUT2D eigenvalue weighted by molar-refractivity contribution is 0.239. The minimum Gasteiger partial charge on any atom is -0.369 e. The van der Waals surface area contributed by atoms with E-state index in [4.69, 9.17) is 11.6 Å². The first-order chi connectivity index (χ1) is 10.8. The Balaban J connectivity index is 1.56. The summed E-state index contributed by atoms with van der Waals surface area (Å²) in [6.45, 7) is 7.83. The van der Waals surface area contributed by atoms with Crippen molar-refractivity contribution in [2.24, 2.45) is 0 Å². The smallest absolute Gasteiger partial charge is 0.165 e. The SMILES string of the molecule is CCCn1nnnc1CN1CCN(c2cccc(Cl)c2)CC1. The van der Waals surface area contributed by atoms with E-state index in [1.165, 1.54) is 5.69 Å². The Morgan fingerprint density at radius 3 is 2.73 bits per heavy atom. The van der Waals surface area contributed by atoms with Gasteiger partial charge in [0, 0.05) is 43.4 Å². The van der Waals surface area contributed by atoms with Gasteiger partial charge in [-0.25, -0.2) is 4.68 Å². The molecule has 0 radical (unpaired) electrons. The number of aryl methyl sites for hydroxylation is 1. The van der Waals surface area contributed by atoms with Crippen molar-refractivity contribution in [3.8, 4) is 0 Å². The lowest BCUT2D eigenvalue weighted by Crippen LogP contribution is -2.46. The summed E-state index contributed by atoms with van der Waals surface area (Å²) in [5.41, 5.74) is 1.20. The number of aromatic nitrogens is 4. The molecule has 0 atom stereocenters. The minimum absolute atomic E-state index is 0.790. The number of tetrazole rings is 1. The van der Waals surface area contributed by atoms with Crippen molar-refractivity contribution in [3.05, 3.63) is 35.1 Å². The molecule has 2 aromatic rings. The Hall–Kier alpha value is -1.66. The van der Waals surface area contributed by atoms with E-state index < -0.39 is 0 Å². The van der Waals surface area contributed by atoms with Crippen LogP contribution in [0.3, 0.4) is 0 Å². The van der Waals surface area contributed by atoms with E-state index in [9.17, 15) is 0 Å². The summed E-state index contributed by atoms with van der Waals surface area (Å²) in [5.74, 6) is 0.957. The summed E-state index contributed by atoms with van der Waals surface area (Å²) in [4.78, 5) is 4.77. The van der Waals surface area contributed by atoms with Crippen molar-refractivity contribution in [1.82, 2.24) is 25.1 Å². The van der Waals surface area contributed by atoms with Gasteiger partial charge in [-0.3, -0.25) is 4.90 Å². The molecular weight excluding hydrogens is 300 g/mol. The third kappa shape index (κ3) is 3.56. The summed E-state index contributed by atoms with van der Waals surface area (Å²) >= 11 is 6.07. The summed E-state index contributed by atoms with van der Waals surface area (Å²) in [6, 6.07) is 8.06. The molecule has 0 N–H and O–H groups in total. The zero-order valence-electron chi connectivity index (χ0n) is 12.8. The molecule has 1 aliphatic rings. The molecule has 1 saturated heterocycles. The second-order valence-electron chi connectivity index (χ2n) is 5.56. The van der Waals surface area contributed by atoms with Gasteiger partial charge in [-0.05, 0) is 35.0 Å². The lowest BCUT2D eigenvalue weighted by atomic mass is 10.2. The molecule has 0 aliphatic carbocycles. The molecule has 7 heteroatoms. The fraction of sp³-hybridized carbons (Fsp3) is 0.533. The average molecular weight is 321 g/mol. The number of hydrogen-bond donors (Lipinski definition) is 0. The quantitative estimate of drug-likeness (QED) is 0.844. The van der Waals surface area contributed by atoms with Crippen molar-refractivity contribution < 1.29 is 0 Å². The van der Waals surface area contributed by atoms with E-state index in [1.807, 2.05) is 22.9 Å². The predicted octanol–water partition coefficient (Wildman–Crippen LogP) is 2.06. The van der Waals surface area contributed by atoms with Crippen molar-refractivity contribution in [1.29, 1.82) is 0 Å². The van der Waals surface area contributed by atoms with E-state index in [1.54, 1.807) is 0 Å². The third-order valence-electron chi connectivity index (χ3n) is 3.95. The van der Waals surface area contributed by atoms with Gasteiger partial charge in [-0.15, -0.1) is 5.10 Å². The van der Waals surface area contributed by atoms with Crippen LogP contribution in [0, 0.1) is 0 Å². The van der Waals surface area contributed by atoms with Crippen LogP contribution in [0.25, 0.3) is 0 Å². The van der Waals surface area contributed by atoms with Crippen LogP contribution in [0.5, 0.6) is 0 Å². The second kappa shape index (κ2) is 7.07. The first kappa shape index (κ1) is 15.2. The van der Waals surface area contributed by atoms with E-state index in [0.29, 0.717) is 0 Å². The Kier molecular flexibility index (Phi) is 4.90. The Labute approximate surface area is 135 Å². The van der Waals surface area contributed by atoms with Crippen LogP contribution in [-0.2, 0) is 13.1 Å². The normalized spacial score (nSPS) is 16.2. The van der Waals surface area contributed by atoms with Crippen molar-refractivity contribution in [2.75, 3.05) is 31.1 Å². The summed E-state index contributed by atoms with van der Waals surface area (Å²) in [7, 11) is 0. The summed E-state index contributed by atoms with van der Waals surface area (Å²) in [5, 5.41) is 12.8. The highest BCUT2D eigenvalue weighted by Crippen LogP contribution is 2.21. The maximum Gasteiger partial charge on any atom is 0.165 e. The van der Waals surface area contributed by atoms with Gasteiger partial charge in [-0.2, -0.15) is 0 Å². The first-order valence-electron chi connectivity index (χ1n) is 7.74. The first-order valence-corrected chi connectivity index (χ1v) is 8.12. The molecule has 118 valence electrons. The molecule has 0 amide bonds. The number of rotatable bonds is 5. The molecule has 1 aromatic carbocycles. The van der Waals surface area contributed by atoms with Crippen molar-refractivity contribution >= 4 is 17.3 Å². The van der Waals surface area contributed by atoms with Crippen LogP contribution in [0.15, 0.2) is 24.3 Å². The van der Waals surface area contributed by atoms with E-state index in [2.05, 4.69) is 38.3 Å². The Morgan fingerprint density at radius 2 is 2.00 bits per heavy atom. The van der Waals surface area contributed by atoms with Crippen LogP contribution < -0.4 is 4.90 Å². The lowest BCUT2D eigenvalue weighted by Gasteiger charge is -2.35. The summed E-state index contributed by atoms with van der Waals surface area (Å²) in [6.07, 6.45) is 1.04. The highest BCUT2D eigenvalue weighted by Gasteiger charge is 2.19. The molecule has 2 heterocycles. The van der Waals surface area contributed by atoms with Gasteiger partial charge in [0.15, 0.2) is 5.82 Å². The number of halogens is 1. The molecule has 0 spiro atoms. The molecule has 3 rings (SSSR count). The fourth-order valence-corrected chi connectivity index (χ4v) is 2.94. The van der Waals surface area contributed by atoms with Crippen LogP contribution >= 0.6 is 11.6 Å². The Morgan fingerprint density at radius 1 is 1.18 bits per heavy atom. The van der Waals surface area contributed by atoms with Gasteiger partial charge in [0.05, 0.1) is 6.54 Å². The van der Waals surface area contributed by atoms with Crippen molar-refractivity contribution in [3.63, 3.8) is 0 Å². The molecule has 1 fully saturated rings. The second-order valence-corrected chi connectivity index (χ2v) is 6.00. The fourth-order valence-electron chi connectivity index (χ4n) is 2.76. The standard InChI is InChI=1S/C15H21ClN6/c1-2-6-22-15(17-18-19-22)12-20-7-9-21(10-8-20)14-5-3-4-13(16)11-14/h3-5,11H,2,6-10,12H2,1H3. The van der Waals surface area contributed by atoms with E-state index in [-0.39, 0.29) is 0 Å². The number of anilines is 1. The Bertz CT molecular complexity index is 606. The average Bonchev–Trinajstić information content (AvgIpc) is 2.96. The van der Waals surface area contributed by atoms with Crippen LogP contribution in [-0.4, -0.2) is 51.3 Å². The molecule has 0 saturated carbocycles. The number of benzene rings is 1. The van der Waals surface area contributed by atoms with Gasteiger partial charge in [0.25, 0.3) is 0 Å². The molecule has 0 bridgehead atoms. The molecular formula is C15H21ClN6. The highest BCUT2D eigenvalue weighted by molar-refractivity contribution is 6.30. The zero-order chi connectivity index (χ0) is 15.4. The third-order valence-corrected chi connectivity index (χ3v) is 4.19. The maximum atomic E-state index is 6.07. The summed E-state index contributed by atoms with van der Waals surface area (Å²) < 4.78 is 1.91. The number of nitrogens with zero attached hydrogens (tertiary/aromatic N) is 6. The van der Waals surface area contributed by atoms with Gasteiger partial charge in [0.2, 0.25) is 0 Å². The van der Waals surface area contributed by atoms with Gasteiger partial charge in [0.1, 0.15) is 0 Å². The van der Waals surface area contributed by atoms with Gasteiger partial charge >= 0.3 is 0 Å². The van der Waals surface area contributed by atoms with E-state index in [0.717, 1.165) is 56.5 Å². The molecule has 0 unspecified atom stereocenters. The zero-order valence-corrected chi connectivity index (χ0v) is 13.6. The van der Waals surface area contributed by atoms with E-state index >= 15 is 0 Å². The molecule has 1 aliphatic heterocycles. The van der Waals surface area contributed by atoms with Crippen LogP contribution in [0.1, 0.15) is 19.2 Å². The molecule has 22 heavy (non-hydrogen) atoms. The number of hydrogen-bond acceptors (Lipinski definition) is 5.